The molecule has 92 valence electrons. The average molecular weight is 287 g/mol. The van der Waals surface area contributed by atoms with Gasteiger partial charge >= 0.3 is 0 Å². The maximum Gasteiger partial charge on any atom is 0.0528 e. The van der Waals surface area contributed by atoms with Crippen LogP contribution in [0.25, 0.3) is 0 Å². The molecule has 2 aliphatic rings. The molecule has 0 spiro atoms. The SMILES string of the molecule is BrCC(=CC1CCCOC1)C1CCCCC1. The molecular weight excluding hydrogens is 264 g/mol. The summed E-state index contributed by atoms with van der Waals surface area (Å²) in [6.07, 6.45) is 12.2. The minimum Gasteiger partial charge on any atom is -0.381 e. The van der Waals surface area contributed by atoms with E-state index in [1.165, 1.54) is 44.9 Å². The van der Waals surface area contributed by atoms with Gasteiger partial charge in [0.2, 0.25) is 0 Å². The lowest BCUT2D eigenvalue weighted by atomic mass is 9.83. The Balaban J connectivity index is 1.93. The van der Waals surface area contributed by atoms with Gasteiger partial charge in [-0.05, 0) is 31.6 Å². The molecule has 1 aliphatic heterocycles. The summed E-state index contributed by atoms with van der Waals surface area (Å²) >= 11 is 3.67. The monoisotopic (exact) mass is 286 g/mol. The van der Waals surface area contributed by atoms with Crippen molar-refractivity contribution in [3.05, 3.63) is 11.6 Å². The number of alkyl halides is 1. The Labute approximate surface area is 108 Å². The van der Waals surface area contributed by atoms with Crippen molar-refractivity contribution in [1.82, 2.24) is 0 Å². The van der Waals surface area contributed by atoms with Crippen LogP contribution in [0.5, 0.6) is 0 Å². The summed E-state index contributed by atoms with van der Waals surface area (Å²) in [5.74, 6) is 1.54. The van der Waals surface area contributed by atoms with E-state index in [4.69, 9.17) is 4.74 Å². The first kappa shape index (κ1) is 12.6. The van der Waals surface area contributed by atoms with Crippen molar-refractivity contribution in [2.24, 2.45) is 11.8 Å². The van der Waals surface area contributed by atoms with Crippen LogP contribution in [-0.2, 0) is 4.74 Å². The molecule has 2 fully saturated rings. The third-order valence-electron chi connectivity index (χ3n) is 3.93. The molecule has 2 heteroatoms. The molecule has 0 aromatic rings. The second-order valence-corrected chi connectivity index (χ2v) is 5.75. The number of rotatable bonds is 3. The Morgan fingerprint density at radius 2 is 1.94 bits per heavy atom. The van der Waals surface area contributed by atoms with Crippen molar-refractivity contribution in [3.63, 3.8) is 0 Å². The number of ether oxygens (including phenoxy) is 1. The van der Waals surface area contributed by atoms with Crippen LogP contribution in [0.4, 0.5) is 0 Å². The summed E-state index contributed by atoms with van der Waals surface area (Å²) in [4.78, 5) is 0. The molecule has 0 aromatic heterocycles. The first-order valence-electron chi connectivity index (χ1n) is 6.74. The van der Waals surface area contributed by atoms with Gasteiger partial charge in [0.15, 0.2) is 0 Å². The molecule has 16 heavy (non-hydrogen) atoms. The summed E-state index contributed by atoms with van der Waals surface area (Å²) in [7, 11) is 0. The maximum absolute atomic E-state index is 5.55. The first-order chi connectivity index (χ1) is 7.90. The number of hydrogen-bond acceptors (Lipinski definition) is 1. The zero-order valence-corrected chi connectivity index (χ0v) is 11.7. The maximum atomic E-state index is 5.55. The predicted molar refractivity (Wildman–Crippen MR) is 72.0 cm³/mol. The number of hydrogen-bond donors (Lipinski definition) is 0. The van der Waals surface area contributed by atoms with Gasteiger partial charge in [-0.1, -0.05) is 46.8 Å². The Morgan fingerprint density at radius 3 is 2.56 bits per heavy atom. The van der Waals surface area contributed by atoms with Gasteiger partial charge in [-0.2, -0.15) is 0 Å². The summed E-state index contributed by atoms with van der Waals surface area (Å²) < 4.78 is 5.55. The zero-order valence-electron chi connectivity index (χ0n) is 10.1. The van der Waals surface area contributed by atoms with Crippen LogP contribution in [0, 0.1) is 11.8 Å². The highest BCUT2D eigenvalue weighted by atomic mass is 79.9. The zero-order chi connectivity index (χ0) is 11.2. The molecule has 1 saturated heterocycles. The van der Waals surface area contributed by atoms with Crippen LogP contribution in [0.3, 0.4) is 0 Å². The predicted octanol–water partition coefficient (Wildman–Crippen LogP) is 4.31. The molecule has 1 unspecified atom stereocenters. The van der Waals surface area contributed by atoms with Crippen LogP contribution in [0.1, 0.15) is 44.9 Å². The molecular formula is C14H23BrO. The Morgan fingerprint density at radius 1 is 1.12 bits per heavy atom. The quantitative estimate of drug-likeness (QED) is 0.555. The molecule has 1 atom stereocenters. The summed E-state index contributed by atoms with van der Waals surface area (Å²) in [6, 6.07) is 0. The van der Waals surface area contributed by atoms with E-state index in [1.54, 1.807) is 5.57 Å². The van der Waals surface area contributed by atoms with Crippen LogP contribution in [0.15, 0.2) is 11.6 Å². The van der Waals surface area contributed by atoms with Crippen LogP contribution < -0.4 is 0 Å². The van der Waals surface area contributed by atoms with E-state index in [1.807, 2.05) is 0 Å². The fourth-order valence-corrected chi connectivity index (χ4v) is 3.61. The van der Waals surface area contributed by atoms with Crippen molar-refractivity contribution >= 4 is 15.9 Å². The molecule has 0 aromatic carbocycles. The molecule has 0 N–H and O–H groups in total. The van der Waals surface area contributed by atoms with E-state index in [2.05, 4.69) is 22.0 Å². The van der Waals surface area contributed by atoms with E-state index in [0.29, 0.717) is 5.92 Å². The van der Waals surface area contributed by atoms with E-state index in [-0.39, 0.29) is 0 Å². The first-order valence-corrected chi connectivity index (χ1v) is 7.86. The molecule has 1 saturated carbocycles. The summed E-state index contributed by atoms with van der Waals surface area (Å²) in [5.41, 5.74) is 1.65. The Kier molecular flexibility index (Phi) is 5.37. The van der Waals surface area contributed by atoms with Crippen LogP contribution in [-0.4, -0.2) is 18.5 Å². The molecule has 1 nitrogen and oxygen atoms in total. The Bertz CT molecular complexity index is 225. The van der Waals surface area contributed by atoms with Gasteiger partial charge in [-0.15, -0.1) is 0 Å². The van der Waals surface area contributed by atoms with Gasteiger partial charge in [-0.25, -0.2) is 0 Å². The number of halogens is 1. The fourth-order valence-electron chi connectivity index (χ4n) is 2.96. The lowest BCUT2D eigenvalue weighted by Gasteiger charge is -2.26. The van der Waals surface area contributed by atoms with E-state index in [9.17, 15) is 0 Å². The second-order valence-electron chi connectivity index (χ2n) is 5.19. The molecule has 0 bridgehead atoms. The van der Waals surface area contributed by atoms with Crippen molar-refractivity contribution in [1.29, 1.82) is 0 Å². The third kappa shape index (κ3) is 3.59. The highest BCUT2D eigenvalue weighted by molar-refractivity contribution is 9.09. The molecule has 0 radical (unpaired) electrons. The topological polar surface area (TPSA) is 9.23 Å². The minimum atomic E-state index is 0.684. The Hall–Kier alpha value is 0.180. The minimum absolute atomic E-state index is 0.684. The summed E-state index contributed by atoms with van der Waals surface area (Å²) in [6.45, 7) is 1.92. The standard InChI is InChI=1S/C14H23BrO/c15-10-14(13-6-2-1-3-7-13)9-12-5-4-8-16-11-12/h9,12-13H,1-8,10-11H2. The molecule has 1 heterocycles. The largest absolute Gasteiger partial charge is 0.381 e. The molecule has 0 amide bonds. The van der Waals surface area contributed by atoms with Gasteiger partial charge in [0.25, 0.3) is 0 Å². The summed E-state index contributed by atoms with van der Waals surface area (Å²) in [5, 5.41) is 1.06. The van der Waals surface area contributed by atoms with E-state index < -0.39 is 0 Å². The van der Waals surface area contributed by atoms with Crippen molar-refractivity contribution in [2.45, 2.75) is 44.9 Å². The number of allylic oxidation sites excluding steroid dienone is 1. The third-order valence-corrected chi connectivity index (χ3v) is 4.58. The second kappa shape index (κ2) is 6.80. The smallest absolute Gasteiger partial charge is 0.0528 e. The van der Waals surface area contributed by atoms with Gasteiger partial charge < -0.3 is 4.74 Å². The van der Waals surface area contributed by atoms with Crippen molar-refractivity contribution in [3.8, 4) is 0 Å². The lowest BCUT2D eigenvalue weighted by Crippen LogP contribution is -2.18. The van der Waals surface area contributed by atoms with Crippen LogP contribution >= 0.6 is 15.9 Å². The normalized spacial score (nSPS) is 29.3. The van der Waals surface area contributed by atoms with Crippen molar-refractivity contribution < 1.29 is 4.74 Å². The lowest BCUT2D eigenvalue weighted by molar-refractivity contribution is 0.0705. The highest BCUT2D eigenvalue weighted by Crippen LogP contribution is 2.32. The van der Waals surface area contributed by atoms with Gasteiger partial charge in [0, 0.05) is 17.9 Å². The van der Waals surface area contributed by atoms with Gasteiger partial charge in [0.1, 0.15) is 0 Å². The van der Waals surface area contributed by atoms with Crippen molar-refractivity contribution in [2.75, 3.05) is 18.5 Å². The van der Waals surface area contributed by atoms with Gasteiger partial charge in [0.05, 0.1) is 6.61 Å². The van der Waals surface area contributed by atoms with E-state index >= 15 is 0 Å². The average Bonchev–Trinajstić information content (AvgIpc) is 2.38. The highest BCUT2D eigenvalue weighted by Gasteiger charge is 2.19. The molecule has 2 rings (SSSR count). The van der Waals surface area contributed by atoms with Gasteiger partial charge in [-0.3, -0.25) is 0 Å². The van der Waals surface area contributed by atoms with Crippen LogP contribution in [0.2, 0.25) is 0 Å². The molecule has 1 aliphatic carbocycles. The van der Waals surface area contributed by atoms with E-state index in [0.717, 1.165) is 24.5 Å². The fraction of sp³-hybridized carbons (Fsp3) is 0.857.